The molecule has 1 atom stereocenters. The maximum absolute atomic E-state index is 8.40. The topological polar surface area (TPSA) is 23.8 Å². The van der Waals surface area contributed by atoms with Gasteiger partial charge in [-0.25, -0.2) is 0 Å². The van der Waals surface area contributed by atoms with Crippen molar-refractivity contribution >= 4 is 0 Å². The van der Waals surface area contributed by atoms with Crippen molar-refractivity contribution in [1.82, 2.24) is 0 Å². The van der Waals surface area contributed by atoms with Crippen molar-refractivity contribution in [2.75, 3.05) is 0 Å². The summed E-state index contributed by atoms with van der Waals surface area (Å²) in [6.07, 6.45) is 16.0. The second-order valence-electron chi connectivity index (χ2n) is 3.34. The lowest BCUT2D eigenvalue weighted by Crippen LogP contribution is -1.94. The van der Waals surface area contributed by atoms with Gasteiger partial charge in [-0.1, -0.05) is 55.0 Å². The molecule has 0 aliphatic heterocycles. The number of nitriles is 1. The molecule has 1 unspecified atom stereocenters. The Labute approximate surface area is 85.7 Å². The molecule has 0 heterocycles. The first-order chi connectivity index (χ1) is 6.84. The van der Waals surface area contributed by atoms with Crippen LogP contribution in [0.3, 0.4) is 0 Å². The Morgan fingerprint density at radius 1 is 1.50 bits per heavy atom. The van der Waals surface area contributed by atoms with E-state index in [1.807, 2.05) is 12.2 Å². The van der Waals surface area contributed by atoms with Gasteiger partial charge in [-0.15, -0.1) is 0 Å². The van der Waals surface area contributed by atoms with Crippen LogP contribution < -0.4 is 0 Å². The highest BCUT2D eigenvalue weighted by Gasteiger charge is 2.03. The Balaban J connectivity index is 2.56. The van der Waals surface area contributed by atoms with Crippen LogP contribution in [0.2, 0.25) is 0 Å². The SMILES string of the molecule is CC(C=CCC#N)C1=CC=CC=CC1. The fraction of sp³-hybridized carbons (Fsp3) is 0.308. The predicted octanol–water partition coefficient (Wildman–Crippen LogP) is 3.53. The molecule has 1 rings (SSSR count). The van der Waals surface area contributed by atoms with Crippen molar-refractivity contribution in [1.29, 1.82) is 5.26 Å². The molecule has 0 saturated heterocycles. The first-order valence-corrected chi connectivity index (χ1v) is 4.90. The van der Waals surface area contributed by atoms with Crippen LogP contribution in [0.1, 0.15) is 19.8 Å². The molecule has 1 aliphatic carbocycles. The fourth-order valence-corrected chi connectivity index (χ4v) is 1.38. The molecule has 0 aromatic rings. The number of allylic oxidation sites excluding steroid dienone is 8. The summed E-state index contributed by atoms with van der Waals surface area (Å²) in [7, 11) is 0. The third kappa shape index (κ3) is 3.45. The van der Waals surface area contributed by atoms with Crippen molar-refractivity contribution in [2.45, 2.75) is 19.8 Å². The lowest BCUT2D eigenvalue weighted by molar-refractivity contribution is 0.830. The number of nitrogens with zero attached hydrogens (tertiary/aromatic N) is 1. The van der Waals surface area contributed by atoms with Gasteiger partial charge in [-0.05, 0) is 12.3 Å². The van der Waals surface area contributed by atoms with E-state index >= 15 is 0 Å². The largest absolute Gasteiger partial charge is 0.198 e. The molecule has 0 saturated carbocycles. The zero-order valence-electron chi connectivity index (χ0n) is 8.48. The van der Waals surface area contributed by atoms with Gasteiger partial charge >= 0.3 is 0 Å². The normalized spacial score (nSPS) is 17.6. The second-order valence-corrected chi connectivity index (χ2v) is 3.34. The molecule has 0 amide bonds. The average molecular weight is 185 g/mol. The van der Waals surface area contributed by atoms with E-state index in [1.165, 1.54) is 5.57 Å². The van der Waals surface area contributed by atoms with Gasteiger partial charge in [0.05, 0.1) is 12.5 Å². The summed E-state index contributed by atoms with van der Waals surface area (Å²) >= 11 is 0. The zero-order chi connectivity index (χ0) is 10.2. The van der Waals surface area contributed by atoms with Gasteiger partial charge < -0.3 is 0 Å². The van der Waals surface area contributed by atoms with Crippen LogP contribution in [0.25, 0.3) is 0 Å². The Morgan fingerprint density at radius 3 is 3.14 bits per heavy atom. The molecule has 1 heteroatoms. The van der Waals surface area contributed by atoms with Crippen LogP contribution in [0, 0.1) is 17.2 Å². The highest BCUT2D eigenvalue weighted by atomic mass is 14.2. The van der Waals surface area contributed by atoms with Gasteiger partial charge in [0, 0.05) is 0 Å². The van der Waals surface area contributed by atoms with Gasteiger partial charge in [-0.3, -0.25) is 0 Å². The molecule has 0 aromatic carbocycles. The minimum absolute atomic E-state index is 0.427. The van der Waals surface area contributed by atoms with Crippen LogP contribution in [0.5, 0.6) is 0 Å². The van der Waals surface area contributed by atoms with Crippen LogP contribution in [-0.4, -0.2) is 0 Å². The van der Waals surface area contributed by atoms with Gasteiger partial charge in [0.2, 0.25) is 0 Å². The third-order valence-corrected chi connectivity index (χ3v) is 2.24. The smallest absolute Gasteiger partial charge is 0.0663 e. The van der Waals surface area contributed by atoms with E-state index < -0.39 is 0 Å². The van der Waals surface area contributed by atoms with E-state index in [4.69, 9.17) is 5.26 Å². The van der Waals surface area contributed by atoms with Crippen molar-refractivity contribution in [3.63, 3.8) is 0 Å². The van der Waals surface area contributed by atoms with Crippen molar-refractivity contribution in [2.24, 2.45) is 5.92 Å². The molecule has 72 valence electrons. The maximum atomic E-state index is 8.40. The molecule has 0 fully saturated rings. The molecular weight excluding hydrogens is 170 g/mol. The van der Waals surface area contributed by atoms with Crippen LogP contribution in [0.4, 0.5) is 0 Å². The van der Waals surface area contributed by atoms with Gasteiger partial charge in [0.25, 0.3) is 0 Å². The van der Waals surface area contributed by atoms with Crippen LogP contribution in [-0.2, 0) is 0 Å². The number of hydrogen-bond acceptors (Lipinski definition) is 1. The summed E-state index contributed by atoms with van der Waals surface area (Å²) in [5, 5.41) is 8.40. The summed E-state index contributed by atoms with van der Waals surface area (Å²) in [5.41, 5.74) is 1.39. The molecule has 1 nitrogen and oxygen atoms in total. The van der Waals surface area contributed by atoms with Gasteiger partial charge in [0.1, 0.15) is 0 Å². The highest BCUT2D eigenvalue weighted by molar-refractivity contribution is 5.26. The summed E-state index contributed by atoms with van der Waals surface area (Å²) in [5.74, 6) is 0.427. The Kier molecular flexibility index (Phi) is 4.50. The molecule has 0 aromatic heterocycles. The van der Waals surface area contributed by atoms with E-state index in [0.717, 1.165) is 6.42 Å². The lowest BCUT2D eigenvalue weighted by atomic mass is 9.97. The van der Waals surface area contributed by atoms with Crippen molar-refractivity contribution in [3.05, 3.63) is 48.1 Å². The van der Waals surface area contributed by atoms with E-state index in [9.17, 15) is 0 Å². The Bertz CT molecular complexity index is 324. The standard InChI is InChI=1S/C13H15N/c1-12(8-6-7-11-14)13-9-4-2-3-5-10-13/h2-6,8-9,12H,7,10H2,1H3. The number of hydrogen-bond donors (Lipinski definition) is 0. The monoisotopic (exact) mass is 185 g/mol. The minimum Gasteiger partial charge on any atom is -0.198 e. The van der Waals surface area contributed by atoms with Crippen molar-refractivity contribution in [3.8, 4) is 6.07 Å². The summed E-state index contributed by atoms with van der Waals surface area (Å²) in [6, 6.07) is 2.10. The van der Waals surface area contributed by atoms with Crippen LogP contribution >= 0.6 is 0 Å². The summed E-state index contributed by atoms with van der Waals surface area (Å²) in [4.78, 5) is 0. The first-order valence-electron chi connectivity index (χ1n) is 4.90. The van der Waals surface area contributed by atoms with E-state index in [1.54, 1.807) is 0 Å². The van der Waals surface area contributed by atoms with Gasteiger partial charge in [-0.2, -0.15) is 5.26 Å². The predicted molar refractivity (Wildman–Crippen MR) is 59.5 cm³/mol. The molecular formula is C13H15N. The molecule has 0 N–H and O–H groups in total. The van der Waals surface area contributed by atoms with Gasteiger partial charge in [0.15, 0.2) is 0 Å². The number of rotatable bonds is 3. The fourth-order valence-electron chi connectivity index (χ4n) is 1.38. The Hall–Kier alpha value is -1.55. The summed E-state index contributed by atoms with van der Waals surface area (Å²) in [6.45, 7) is 2.16. The third-order valence-electron chi connectivity index (χ3n) is 2.24. The lowest BCUT2D eigenvalue weighted by Gasteiger charge is -2.08. The van der Waals surface area contributed by atoms with E-state index in [0.29, 0.717) is 12.3 Å². The Morgan fingerprint density at radius 2 is 2.36 bits per heavy atom. The molecule has 1 aliphatic rings. The first kappa shape index (κ1) is 10.5. The zero-order valence-corrected chi connectivity index (χ0v) is 8.48. The average Bonchev–Trinajstić information content (AvgIpc) is 2.46. The highest BCUT2D eigenvalue weighted by Crippen LogP contribution is 2.18. The summed E-state index contributed by atoms with van der Waals surface area (Å²) < 4.78 is 0. The molecule has 14 heavy (non-hydrogen) atoms. The molecule has 0 bridgehead atoms. The maximum Gasteiger partial charge on any atom is 0.0663 e. The van der Waals surface area contributed by atoms with E-state index in [-0.39, 0.29) is 0 Å². The second kappa shape index (κ2) is 5.99. The van der Waals surface area contributed by atoms with Crippen LogP contribution in [0.15, 0.2) is 48.1 Å². The van der Waals surface area contributed by atoms with E-state index in [2.05, 4.69) is 43.4 Å². The quantitative estimate of drug-likeness (QED) is 0.617. The minimum atomic E-state index is 0.427. The van der Waals surface area contributed by atoms with Crippen molar-refractivity contribution < 1.29 is 0 Å². The molecule has 0 spiro atoms. The molecule has 0 radical (unpaired) electrons.